The van der Waals surface area contributed by atoms with Crippen LogP contribution in [0.15, 0.2) is 115 Å². The molecule has 0 aliphatic carbocycles. The van der Waals surface area contributed by atoms with Gasteiger partial charge in [-0.15, -0.1) is 0 Å². The summed E-state index contributed by atoms with van der Waals surface area (Å²) in [5.74, 6) is 0.889. The highest BCUT2D eigenvalue weighted by molar-refractivity contribution is 5.47. The van der Waals surface area contributed by atoms with E-state index in [1.54, 1.807) is 0 Å². The number of aryl methyl sites for hydroxylation is 1. The molecule has 0 bridgehead atoms. The molecular formula is C43H56O6. The average molecular weight is 669 g/mol. The summed E-state index contributed by atoms with van der Waals surface area (Å²) in [7, 11) is 0. The van der Waals surface area contributed by atoms with E-state index >= 15 is 0 Å². The van der Waals surface area contributed by atoms with Crippen molar-refractivity contribution < 1.29 is 28.4 Å². The van der Waals surface area contributed by atoms with E-state index in [4.69, 9.17) is 28.4 Å². The SMILES string of the molecule is CCCCCCCCc1ccc(OCCOCCOCCOCCOCCOC(c2ccccc2)(c2ccccc2)c2ccccc2)cc1. The van der Waals surface area contributed by atoms with Gasteiger partial charge in [-0.1, -0.05) is 142 Å². The van der Waals surface area contributed by atoms with Crippen LogP contribution in [0.4, 0.5) is 0 Å². The van der Waals surface area contributed by atoms with E-state index in [1.165, 1.54) is 44.1 Å². The second-order valence-electron chi connectivity index (χ2n) is 12.1. The van der Waals surface area contributed by atoms with Gasteiger partial charge in [0.1, 0.15) is 18.0 Å². The molecule has 0 saturated heterocycles. The maximum Gasteiger partial charge on any atom is 0.143 e. The predicted molar refractivity (Wildman–Crippen MR) is 197 cm³/mol. The third-order valence-electron chi connectivity index (χ3n) is 8.44. The van der Waals surface area contributed by atoms with E-state index in [1.807, 2.05) is 18.2 Å². The fourth-order valence-electron chi connectivity index (χ4n) is 5.86. The topological polar surface area (TPSA) is 55.4 Å². The average Bonchev–Trinajstić information content (AvgIpc) is 3.16. The van der Waals surface area contributed by atoms with Gasteiger partial charge in [0.15, 0.2) is 0 Å². The summed E-state index contributed by atoms with van der Waals surface area (Å²) in [6.07, 6.45) is 9.10. The van der Waals surface area contributed by atoms with Gasteiger partial charge in [0.2, 0.25) is 0 Å². The molecule has 6 heteroatoms. The lowest BCUT2D eigenvalue weighted by Gasteiger charge is -2.36. The Hall–Kier alpha value is -3.52. The van der Waals surface area contributed by atoms with Crippen molar-refractivity contribution in [3.05, 3.63) is 138 Å². The van der Waals surface area contributed by atoms with Gasteiger partial charge in [0.05, 0.1) is 59.5 Å². The molecule has 4 aromatic carbocycles. The molecule has 4 aromatic rings. The Labute approximate surface area is 294 Å². The van der Waals surface area contributed by atoms with Gasteiger partial charge in [0.25, 0.3) is 0 Å². The second kappa shape index (κ2) is 23.8. The molecule has 0 aliphatic rings. The highest BCUT2D eigenvalue weighted by atomic mass is 16.6. The minimum atomic E-state index is -0.739. The van der Waals surface area contributed by atoms with E-state index in [2.05, 4.69) is 104 Å². The van der Waals surface area contributed by atoms with Gasteiger partial charge < -0.3 is 28.4 Å². The van der Waals surface area contributed by atoms with Crippen LogP contribution in [0.25, 0.3) is 0 Å². The Morgan fingerprint density at radius 1 is 0.408 bits per heavy atom. The van der Waals surface area contributed by atoms with Crippen molar-refractivity contribution in [3.8, 4) is 5.75 Å². The highest BCUT2D eigenvalue weighted by Crippen LogP contribution is 2.40. The quantitative estimate of drug-likeness (QED) is 0.0467. The monoisotopic (exact) mass is 668 g/mol. The van der Waals surface area contributed by atoms with E-state index in [0.717, 1.165) is 28.9 Å². The summed E-state index contributed by atoms with van der Waals surface area (Å²) < 4.78 is 35.4. The first kappa shape index (κ1) is 38.3. The van der Waals surface area contributed by atoms with Gasteiger partial charge in [-0.3, -0.25) is 0 Å². The van der Waals surface area contributed by atoms with Gasteiger partial charge in [-0.05, 0) is 47.2 Å². The van der Waals surface area contributed by atoms with E-state index < -0.39 is 5.60 Å². The number of benzene rings is 4. The summed E-state index contributed by atoms with van der Waals surface area (Å²) in [4.78, 5) is 0. The minimum absolute atomic E-state index is 0.429. The van der Waals surface area contributed by atoms with Crippen molar-refractivity contribution >= 4 is 0 Å². The van der Waals surface area contributed by atoms with Crippen molar-refractivity contribution in [1.82, 2.24) is 0 Å². The van der Waals surface area contributed by atoms with E-state index in [0.29, 0.717) is 66.1 Å². The summed E-state index contributed by atoms with van der Waals surface area (Å²) in [6, 6.07) is 39.6. The Kier molecular flexibility index (Phi) is 18.6. The van der Waals surface area contributed by atoms with E-state index in [-0.39, 0.29) is 0 Å². The van der Waals surface area contributed by atoms with Crippen LogP contribution in [0.2, 0.25) is 0 Å². The van der Waals surface area contributed by atoms with Crippen LogP contribution >= 0.6 is 0 Å². The van der Waals surface area contributed by atoms with Crippen LogP contribution in [0.1, 0.15) is 67.7 Å². The molecular weight excluding hydrogens is 612 g/mol. The van der Waals surface area contributed by atoms with Crippen molar-refractivity contribution in [1.29, 1.82) is 0 Å². The lowest BCUT2D eigenvalue weighted by Crippen LogP contribution is -2.34. The first-order valence-electron chi connectivity index (χ1n) is 18.2. The second-order valence-corrected chi connectivity index (χ2v) is 12.1. The molecule has 0 aliphatic heterocycles. The van der Waals surface area contributed by atoms with Gasteiger partial charge in [-0.2, -0.15) is 0 Å². The zero-order valence-corrected chi connectivity index (χ0v) is 29.4. The number of unbranched alkanes of at least 4 members (excludes halogenated alkanes) is 5. The maximum atomic E-state index is 6.74. The van der Waals surface area contributed by atoms with Crippen LogP contribution in [0, 0.1) is 0 Å². The number of hydrogen-bond acceptors (Lipinski definition) is 6. The van der Waals surface area contributed by atoms with Gasteiger partial charge in [-0.25, -0.2) is 0 Å². The number of rotatable bonds is 27. The summed E-state index contributed by atoms with van der Waals surface area (Å²) >= 11 is 0. The van der Waals surface area contributed by atoms with Crippen molar-refractivity contribution in [3.63, 3.8) is 0 Å². The molecule has 0 radical (unpaired) electrons. The molecule has 0 fully saturated rings. The molecule has 6 nitrogen and oxygen atoms in total. The van der Waals surface area contributed by atoms with Crippen LogP contribution in [-0.2, 0) is 35.7 Å². The molecule has 0 saturated carbocycles. The van der Waals surface area contributed by atoms with E-state index in [9.17, 15) is 0 Å². The molecule has 4 rings (SSSR count). The van der Waals surface area contributed by atoms with Gasteiger partial charge in [0, 0.05) is 0 Å². The summed E-state index contributed by atoms with van der Waals surface area (Å²) in [5, 5.41) is 0. The minimum Gasteiger partial charge on any atom is -0.491 e. The van der Waals surface area contributed by atoms with Crippen LogP contribution < -0.4 is 4.74 Å². The fourth-order valence-corrected chi connectivity index (χ4v) is 5.86. The van der Waals surface area contributed by atoms with Crippen molar-refractivity contribution in [2.24, 2.45) is 0 Å². The Morgan fingerprint density at radius 3 is 1.29 bits per heavy atom. The normalized spacial score (nSPS) is 11.5. The first-order valence-corrected chi connectivity index (χ1v) is 18.2. The first-order chi connectivity index (χ1) is 24.3. The molecule has 0 N–H and O–H groups in total. The molecule has 0 aromatic heterocycles. The van der Waals surface area contributed by atoms with Crippen LogP contribution in [0.3, 0.4) is 0 Å². The zero-order valence-electron chi connectivity index (χ0n) is 29.4. The zero-order chi connectivity index (χ0) is 34.1. The van der Waals surface area contributed by atoms with Crippen molar-refractivity contribution in [2.45, 2.75) is 57.5 Å². The Bertz CT molecular complexity index is 1250. The van der Waals surface area contributed by atoms with Gasteiger partial charge >= 0.3 is 0 Å². The predicted octanol–water partition coefficient (Wildman–Crippen LogP) is 9.04. The lowest BCUT2D eigenvalue weighted by molar-refractivity contribution is -0.0386. The standard InChI is InChI=1S/C43H56O6/c1-2-3-4-5-6-10-17-38-24-26-42(27-25-38)48-36-34-46-32-30-44-28-29-45-31-33-47-35-37-49-43(39-18-11-7-12-19-39,40-20-13-8-14-21-40)41-22-15-9-16-23-41/h7-9,11-16,18-27H,2-6,10,17,28-37H2,1H3. The fraction of sp³-hybridized carbons (Fsp3) is 0.442. The highest BCUT2D eigenvalue weighted by Gasteiger charge is 2.37. The molecule has 49 heavy (non-hydrogen) atoms. The largest absolute Gasteiger partial charge is 0.491 e. The third kappa shape index (κ3) is 13.7. The van der Waals surface area contributed by atoms with Crippen LogP contribution in [-0.4, -0.2) is 66.1 Å². The Morgan fingerprint density at radius 2 is 0.816 bits per heavy atom. The number of ether oxygens (including phenoxy) is 6. The molecule has 264 valence electrons. The summed E-state index contributed by atoms with van der Waals surface area (Å²) in [6.45, 7) is 7.27. The lowest BCUT2D eigenvalue weighted by atomic mass is 9.80. The van der Waals surface area contributed by atoms with Crippen LogP contribution in [0.5, 0.6) is 5.75 Å². The molecule has 0 amide bonds. The molecule has 0 atom stereocenters. The molecule has 0 heterocycles. The smallest absolute Gasteiger partial charge is 0.143 e. The maximum absolute atomic E-state index is 6.74. The summed E-state index contributed by atoms with van der Waals surface area (Å²) in [5.41, 5.74) is 3.87. The molecule has 0 spiro atoms. The molecule has 0 unspecified atom stereocenters. The number of hydrogen-bond donors (Lipinski definition) is 0. The third-order valence-corrected chi connectivity index (χ3v) is 8.44. The Balaban J connectivity index is 1.01. The van der Waals surface area contributed by atoms with Crippen molar-refractivity contribution in [2.75, 3.05) is 66.1 Å².